The van der Waals surface area contributed by atoms with Crippen LogP contribution in [0.2, 0.25) is 5.02 Å². The van der Waals surface area contributed by atoms with Crippen molar-refractivity contribution in [2.24, 2.45) is 0 Å². The lowest BCUT2D eigenvalue weighted by Crippen LogP contribution is -2.50. The molecule has 2 heterocycles. The fourth-order valence-electron chi connectivity index (χ4n) is 2.81. The van der Waals surface area contributed by atoms with Crippen LogP contribution in [0.4, 0.5) is 0 Å². The highest BCUT2D eigenvalue weighted by Crippen LogP contribution is 2.31. The monoisotopic (exact) mass is 404 g/mol. The minimum Gasteiger partial charge on any atom is -0.487 e. The Hall–Kier alpha value is -2.42. The van der Waals surface area contributed by atoms with Gasteiger partial charge < -0.3 is 4.74 Å². The summed E-state index contributed by atoms with van der Waals surface area (Å²) in [5.41, 5.74) is 0.686. The Labute approximate surface area is 162 Å². The first-order valence-electron chi connectivity index (χ1n) is 8.37. The van der Waals surface area contributed by atoms with E-state index in [1.54, 1.807) is 29.1 Å². The largest absolute Gasteiger partial charge is 0.487 e. The Balaban J connectivity index is 1.37. The van der Waals surface area contributed by atoms with Crippen LogP contribution < -0.4 is 4.74 Å². The van der Waals surface area contributed by atoms with Crippen LogP contribution in [0.15, 0.2) is 65.7 Å². The smallest absolute Gasteiger partial charge is 0.244 e. The third-order valence-electron chi connectivity index (χ3n) is 4.35. The average Bonchev–Trinajstić information content (AvgIpc) is 3.08. The summed E-state index contributed by atoms with van der Waals surface area (Å²) < 4.78 is 34.0. The number of aromatic nitrogens is 3. The van der Waals surface area contributed by atoms with Gasteiger partial charge in [0.25, 0.3) is 0 Å². The number of nitrogens with zero attached hydrogens (tertiary/aromatic N) is 4. The molecule has 0 aliphatic carbocycles. The van der Waals surface area contributed by atoms with Crippen molar-refractivity contribution in [3.05, 3.63) is 71.5 Å². The second-order valence-corrected chi connectivity index (χ2v) is 8.51. The summed E-state index contributed by atoms with van der Waals surface area (Å²) in [7, 11) is -3.60. The van der Waals surface area contributed by atoms with E-state index in [1.807, 2.05) is 30.3 Å². The summed E-state index contributed by atoms with van der Waals surface area (Å²) in [5, 5.41) is 8.41. The van der Waals surface area contributed by atoms with Gasteiger partial charge in [0.05, 0.1) is 17.3 Å². The lowest BCUT2D eigenvalue weighted by Gasteiger charge is -2.37. The van der Waals surface area contributed by atoms with Gasteiger partial charge in [-0.3, -0.25) is 0 Å². The Morgan fingerprint density at radius 1 is 1.07 bits per heavy atom. The molecule has 3 aromatic rings. The number of hydrogen-bond donors (Lipinski definition) is 0. The average molecular weight is 405 g/mol. The Bertz CT molecular complexity index is 1030. The third-order valence-corrected chi connectivity index (χ3v) is 6.68. The predicted octanol–water partition coefficient (Wildman–Crippen LogP) is 2.76. The van der Waals surface area contributed by atoms with E-state index in [1.165, 1.54) is 10.4 Å². The molecule has 140 valence electrons. The quantitative estimate of drug-likeness (QED) is 0.631. The van der Waals surface area contributed by atoms with E-state index in [-0.39, 0.29) is 16.0 Å². The molecule has 1 aliphatic heterocycles. The van der Waals surface area contributed by atoms with Gasteiger partial charge in [0.15, 0.2) is 0 Å². The van der Waals surface area contributed by atoms with Crippen molar-refractivity contribution in [1.82, 2.24) is 19.3 Å². The maximum absolute atomic E-state index is 12.7. The van der Waals surface area contributed by atoms with Gasteiger partial charge in [0.2, 0.25) is 10.0 Å². The molecule has 0 atom stereocenters. The first-order valence-corrected chi connectivity index (χ1v) is 10.2. The van der Waals surface area contributed by atoms with E-state index in [2.05, 4.69) is 10.3 Å². The Morgan fingerprint density at radius 3 is 2.52 bits per heavy atom. The van der Waals surface area contributed by atoms with Crippen molar-refractivity contribution in [1.29, 1.82) is 0 Å². The van der Waals surface area contributed by atoms with Crippen LogP contribution in [0, 0.1) is 0 Å². The predicted molar refractivity (Wildman–Crippen MR) is 100 cm³/mol. The number of ether oxygens (including phenoxy) is 1. The SMILES string of the molecule is O=S(=O)(c1ccccc1Cl)N1CC(n2cc(COc3ccccc3)nn2)C1. The van der Waals surface area contributed by atoms with Gasteiger partial charge in [-0.15, -0.1) is 5.10 Å². The van der Waals surface area contributed by atoms with Gasteiger partial charge in [0.1, 0.15) is 22.9 Å². The number of hydrogen-bond acceptors (Lipinski definition) is 5. The molecule has 0 unspecified atom stereocenters. The molecule has 9 heteroatoms. The number of benzene rings is 2. The maximum Gasteiger partial charge on any atom is 0.244 e. The van der Waals surface area contributed by atoms with Gasteiger partial charge in [-0.1, -0.05) is 47.1 Å². The van der Waals surface area contributed by atoms with E-state index < -0.39 is 10.0 Å². The van der Waals surface area contributed by atoms with Gasteiger partial charge in [0, 0.05) is 13.1 Å². The second-order valence-electron chi connectivity index (χ2n) is 6.20. The zero-order valence-electron chi connectivity index (χ0n) is 14.3. The van der Waals surface area contributed by atoms with Crippen molar-refractivity contribution < 1.29 is 13.2 Å². The Morgan fingerprint density at radius 2 is 1.78 bits per heavy atom. The summed E-state index contributed by atoms with van der Waals surface area (Å²) in [4.78, 5) is 0.126. The second kappa shape index (κ2) is 7.30. The first-order chi connectivity index (χ1) is 13.0. The van der Waals surface area contributed by atoms with Crippen LogP contribution in [0.1, 0.15) is 11.7 Å². The molecular formula is C18H17ClN4O3S. The summed E-state index contributed by atoms with van der Waals surface area (Å²) in [6, 6.07) is 15.8. The van der Waals surface area contributed by atoms with Crippen molar-refractivity contribution in [2.45, 2.75) is 17.5 Å². The van der Waals surface area contributed by atoms with Crippen LogP contribution in [0.5, 0.6) is 5.75 Å². The molecule has 0 saturated carbocycles. The highest BCUT2D eigenvalue weighted by Gasteiger charge is 2.39. The molecule has 1 aliphatic rings. The maximum atomic E-state index is 12.7. The lowest BCUT2D eigenvalue weighted by atomic mass is 10.2. The van der Waals surface area contributed by atoms with Crippen LogP contribution in [0.3, 0.4) is 0 Å². The third kappa shape index (κ3) is 3.69. The molecule has 1 aromatic heterocycles. The Kier molecular flexibility index (Phi) is 4.86. The van der Waals surface area contributed by atoms with Crippen molar-refractivity contribution >= 4 is 21.6 Å². The van der Waals surface area contributed by atoms with E-state index in [0.717, 1.165) is 5.75 Å². The van der Waals surface area contributed by atoms with Crippen LogP contribution in [0.25, 0.3) is 0 Å². The summed E-state index contributed by atoms with van der Waals surface area (Å²) in [6.45, 7) is 0.962. The zero-order chi connectivity index (χ0) is 18.9. The number of sulfonamides is 1. The molecule has 0 spiro atoms. The van der Waals surface area contributed by atoms with Crippen molar-refractivity contribution in [3.63, 3.8) is 0 Å². The summed E-state index contributed by atoms with van der Waals surface area (Å²) in [5.74, 6) is 0.757. The zero-order valence-corrected chi connectivity index (χ0v) is 15.8. The number of para-hydroxylation sites is 1. The van der Waals surface area contributed by atoms with Crippen molar-refractivity contribution in [2.75, 3.05) is 13.1 Å². The molecule has 4 rings (SSSR count). The molecule has 0 radical (unpaired) electrons. The van der Waals surface area contributed by atoms with Crippen LogP contribution in [-0.2, 0) is 16.6 Å². The first kappa shape index (κ1) is 18.0. The normalized spacial score (nSPS) is 15.4. The molecule has 2 aromatic carbocycles. The molecular weight excluding hydrogens is 388 g/mol. The molecule has 0 amide bonds. The van der Waals surface area contributed by atoms with E-state index in [9.17, 15) is 8.42 Å². The number of halogens is 1. The fraction of sp³-hybridized carbons (Fsp3) is 0.222. The highest BCUT2D eigenvalue weighted by molar-refractivity contribution is 7.89. The van der Waals surface area contributed by atoms with Crippen LogP contribution in [-0.4, -0.2) is 40.8 Å². The minimum absolute atomic E-state index is 0.0553. The number of rotatable bonds is 6. The summed E-state index contributed by atoms with van der Waals surface area (Å²) >= 11 is 6.03. The molecule has 27 heavy (non-hydrogen) atoms. The van der Waals surface area contributed by atoms with Gasteiger partial charge >= 0.3 is 0 Å². The highest BCUT2D eigenvalue weighted by atomic mass is 35.5. The topological polar surface area (TPSA) is 77.3 Å². The minimum atomic E-state index is -3.60. The van der Waals surface area contributed by atoms with Crippen molar-refractivity contribution in [3.8, 4) is 5.75 Å². The van der Waals surface area contributed by atoms with Gasteiger partial charge in [-0.2, -0.15) is 4.31 Å². The van der Waals surface area contributed by atoms with E-state index >= 15 is 0 Å². The van der Waals surface area contributed by atoms with Crippen LogP contribution >= 0.6 is 11.6 Å². The van der Waals surface area contributed by atoms with E-state index in [0.29, 0.717) is 25.4 Å². The summed E-state index contributed by atoms with van der Waals surface area (Å²) in [6.07, 6.45) is 1.78. The fourth-order valence-corrected chi connectivity index (χ4v) is 4.81. The molecule has 7 nitrogen and oxygen atoms in total. The van der Waals surface area contributed by atoms with Gasteiger partial charge in [-0.05, 0) is 24.3 Å². The van der Waals surface area contributed by atoms with Gasteiger partial charge in [-0.25, -0.2) is 13.1 Å². The molecule has 0 bridgehead atoms. The molecule has 1 fully saturated rings. The molecule has 1 saturated heterocycles. The van der Waals surface area contributed by atoms with E-state index in [4.69, 9.17) is 16.3 Å². The lowest BCUT2D eigenvalue weighted by molar-refractivity contribution is 0.189. The standard InChI is InChI=1S/C18H17ClN4O3S/c19-17-8-4-5-9-18(17)27(24,25)22-11-15(12-22)23-10-14(20-21-23)13-26-16-6-2-1-3-7-16/h1-10,15H,11-13H2. The molecule has 0 N–H and O–H groups in total.